The van der Waals surface area contributed by atoms with Crippen LogP contribution in [0, 0.1) is 0 Å². The van der Waals surface area contributed by atoms with Gasteiger partial charge < -0.3 is 25.0 Å². The molecule has 27 heavy (non-hydrogen) atoms. The van der Waals surface area contributed by atoms with Gasteiger partial charge in [0.1, 0.15) is 5.56 Å². The first kappa shape index (κ1) is 17.8. The van der Waals surface area contributed by atoms with Gasteiger partial charge in [0.25, 0.3) is 5.56 Å². The zero-order valence-electron chi connectivity index (χ0n) is 15.2. The van der Waals surface area contributed by atoms with Crippen molar-refractivity contribution in [1.29, 1.82) is 0 Å². The summed E-state index contributed by atoms with van der Waals surface area (Å²) in [5.74, 6) is -1.21. The Morgan fingerprint density at radius 2 is 2.07 bits per heavy atom. The topological polar surface area (TPSA) is 94.7 Å². The van der Waals surface area contributed by atoms with Crippen molar-refractivity contribution >= 4 is 11.7 Å². The minimum absolute atomic E-state index is 0.223. The summed E-state index contributed by atoms with van der Waals surface area (Å²) in [6.45, 7) is 5.37. The molecule has 0 radical (unpaired) electrons. The maximum atomic E-state index is 12.1. The molecule has 2 saturated heterocycles. The molecule has 142 valence electrons. The third kappa shape index (κ3) is 3.36. The molecule has 2 aliphatic heterocycles. The molecule has 0 saturated carbocycles. The molecule has 2 atom stereocenters. The molecule has 2 unspecified atom stereocenters. The lowest BCUT2D eigenvalue weighted by atomic mass is 10.0. The molecule has 7 nitrogen and oxygen atoms in total. The number of fused-ring (bicyclic) bond motifs is 1. The summed E-state index contributed by atoms with van der Waals surface area (Å²) in [5.41, 5.74) is 2.67. The number of aryl methyl sites for hydroxylation is 1. The third-order valence-electron chi connectivity index (χ3n) is 5.36. The summed E-state index contributed by atoms with van der Waals surface area (Å²) in [6, 6.07) is 9.85. The fourth-order valence-corrected chi connectivity index (χ4v) is 3.91. The molecule has 7 heteroatoms. The van der Waals surface area contributed by atoms with Gasteiger partial charge in [-0.05, 0) is 35.7 Å². The molecule has 1 aromatic heterocycles. The van der Waals surface area contributed by atoms with E-state index in [0.29, 0.717) is 18.2 Å². The molecule has 3 N–H and O–H groups in total. The van der Waals surface area contributed by atoms with Crippen molar-refractivity contribution in [3.63, 3.8) is 0 Å². The van der Waals surface area contributed by atoms with Crippen LogP contribution in [0.1, 0.15) is 22.8 Å². The van der Waals surface area contributed by atoms with E-state index in [1.54, 1.807) is 0 Å². The van der Waals surface area contributed by atoms with Crippen molar-refractivity contribution in [2.45, 2.75) is 25.5 Å². The van der Waals surface area contributed by atoms with Crippen molar-refractivity contribution in [2.24, 2.45) is 0 Å². The van der Waals surface area contributed by atoms with Crippen LogP contribution in [-0.4, -0.2) is 54.4 Å². The fourth-order valence-electron chi connectivity index (χ4n) is 3.91. The zero-order chi connectivity index (χ0) is 19.0. The zero-order valence-corrected chi connectivity index (χ0v) is 15.2. The monoisotopic (exact) mass is 369 g/mol. The van der Waals surface area contributed by atoms with Crippen LogP contribution in [0.5, 0.6) is 0 Å². The normalized spacial score (nSPS) is 21.9. The average molecular weight is 369 g/mol. The van der Waals surface area contributed by atoms with Crippen molar-refractivity contribution in [1.82, 2.24) is 10.3 Å². The number of aromatic nitrogens is 1. The number of aromatic amines is 1. The Kier molecular flexibility index (Phi) is 4.72. The number of carboxylic acid groups (broad SMARTS) is 1. The first-order valence-electron chi connectivity index (χ1n) is 9.26. The van der Waals surface area contributed by atoms with E-state index in [2.05, 4.69) is 15.2 Å². The van der Waals surface area contributed by atoms with Crippen molar-refractivity contribution in [3.05, 3.63) is 51.8 Å². The summed E-state index contributed by atoms with van der Waals surface area (Å²) in [5, 5.41) is 12.7. The van der Waals surface area contributed by atoms with Gasteiger partial charge in [-0.25, -0.2) is 4.79 Å². The van der Waals surface area contributed by atoms with Gasteiger partial charge in [0, 0.05) is 25.3 Å². The summed E-state index contributed by atoms with van der Waals surface area (Å²) >= 11 is 0. The van der Waals surface area contributed by atoms with Gasteiger partial charge in [-0.2, -0.15) is 0 Å². The van der Waals surface area contributed by atoms with E-state index in [9.17, 15) is 9.59 Å². The Hall–Kier alpha value is -2.64. The van der Waals surface area contributed by atoms with Crippen molar-refractivity contribution in [3.8, 4) is 11.3 Å². The maximum absolute atomic E-state index is 12.1. The predicted molar refractivity (Wildman–Crippen MR) is 103 cm³/mol. The quantitative estimate of drug-likeness (QED) is 0.756. The number of aromatic carboxylic acids is 1. The molecule has 3 heterocycles. The highest BCUT2D eigenvalue weighted by molar-refractivity contribution is 5.88. The maximum Gasteiger partial charge on any atom is 0.341 e. The number of hydrogen-bond donors (Lipinski definition) is 3. The summed E-state index contributed by atoms with van der Waals surface area (Å²) < 4.78 is 5.83. The Bertz CT molecular complexity index is 892. The summed E-state index contributed by atoms with van der Waals surface area (Å²) in [4.78, 5) is 28.3. The van der Waals surface area contributed by atoms with Gasteiger partial charge in [0.2, 0.25) is 0 Å². The molecule has 0 spiro atoms. The second kappa shape index (κ2) is 7.17. The van der Waals surface area contributed by atoms with Crippen molar-refractivity contribution < 1.29 is 14.6 Å². The number of H-pyrrole nitrogens is 1. The van der Waals surface area contributed by atoms with Gasteiger partial charge in [0.15, 0.2) is 0 Å². The van der Waals surface area contributed by atoms with Gasteiger partial charge in [-0.1, -0.05) is 19.1 Å². The lowest BCUT2D eigenvalue weighted by molar-refractivity contribution is 0.0212. The van der Waals surface area contributed by atoms with E-state index in [-0.39, 0.29) is 11.7 Å². The molecule has 0 amide bonds. The number of carbonyl (C=O) groups is 1. The molecule has 0 aliphatic carbocycles. The van der Waals surface area contributed by atoms with E-state index < -0.39 is 11.5 Å². The van der Waals surface area contributed by atoms with Crippen LogP contribution in [-0.2, 0) is 11.2 Å². The number of hydrogen-bond acceptors (Lipinski definition) is 5. The standard InChI is InChI=1S/C20H23N3O4/c1-2-12-9-15(20(25)26)19(24)22-18(12)13-3-5-14(6-4-13)23-10-16-17(11-23)27-8-7-21-16/h3-6,9,16-17,21H,2,7-8,10-11H2,1H3,(H,22,24)(H,25,26). The predicted octanol–water partition coefficient (Wildman–Crippen LogP) is 1.48. The van der Waals surface area contributed by atoms with E-state index in [1.165, 1.54) is 6.07 Å². The van der Waals surface area contributed by atoms with Crippen LogP contribution in [0.25, 0.3) is 11.3 Å². The number of rotatable bonds is 4. The first-order chi connectivity index (χ1) is 13.1. The van der Waals surface area contributed by atoms with E-state index in [1.807, 2.05) is 31.2 Å². The smallest absolute Gasteiger partial charge is 0.341 e. The van der Waals surface area contributed by atoms with Crippen LogP contribution < -0.4 is 15.8 Å². The van der Waals surface area contributed by atoms with Crippen LogP contribution >= 0.6 is 0 Å². The minimum atomic E-state index is -1.21. The molecule has 2 aliphatic rings. The lowest BCUT2D eigenvalue weighted by Gasteiger charge is -2.25. The Balaban J connectivity index is 1.60. The molecule has 4 rings (SSSR count). The molecule has 1 aromatic carbocycles. The largest absolute Gasteiger partial charge is 0.477 e. The van der Waals surface area contributed by atoms with Gasteiger partial charge >= 0.3 is 5.97 Å². The number of morpholine rings is 1. The highest BCUT2D eigenvalue weighted by Crippen LogP contribution is 2.27. The molecule has 2 fully saturated rings. The number of ether oxygens (including phenoxy) is 1. The highest BCUT2D eigenvalue weighted by Gasteiger charge is 2.35. The van der Waals surface area contributed by atoms with Crippen LogP contribution in [0.2, 0.25) is 0 Å². The van der Waals surface area contributed by atoms with Crippen molar-refractivity contribution in [2.75, 3.05) is 31.1 Å². The molecule has 0 bridgehead atoms. The second-order valence-corrected chi connectivity index (χ2v) is 6.99. The van der Waals surface area contributed by atoms with Crippen LogP contribution in [0.4, 0.5) is 5.69 Å². The number of benzene rings is 1. The van der Waals surface area contributed by atoms with E-state index >= 15 is 0 Å². The molecule has 2 aromatic rings. The second-order valence-electron chi connectivity index (χ2n) is 6.99. The van der Waals surface area contributed by atoms with E-state index in [4.69, 9.17) is 9.84 Å². The SMILES string of the molecule is CCc1cc(C(=O)O)c(=O)[nH]c1-c1ccc(N2CC3NCCOC3C2)cc1. The van der Waals surface area contributed by atoms with Gasteiger partial charge in [0.05, 0.1) is 24.4 Å². The number of carboxylic acids is 1. The molecular formula is C20H23N3O4. The summed E-state index contributed by atoms with van der Waals surface area (Å²) in [6.07, 6.45) is 0.858. The van der Waals surface area contributed by atoms with Gasteiger partial charge in [-0.3, -0.25) is 4.79 Å². The number of nitrogens with one attached hydrogen (secondary N) is 2. The van der Waals surface area contributed by atoms with Gasteiger partial charge in [-0.15, -0.1) is 0 Å². The number of anilines is 1. The molecular weight excluding hydrogens is 346 g/mol. The van der Waals surface area contributed by atoms with E-state index in [0.717, 1.165) is 43.1 Å². The average Bonchev–Trinajstić information content (AvgIpc) is 3.12. The fraction of sp³-hybridized carbons (Fsp3) is 0.400. The van der Waals surface area contributed by atoms with Crippen LogP contribution in [0.15, 0.2) is 35.1 Å². The number of pyridine rings is 1. The summed E-state index contributed by atoms with van der Waals surface area (Å²) in [7, 11) is 0. The Labute approximate surface area is 157 Å². The van der Waals surface area contributed by atoms with Crippen LogP contribution in [0.3, 0.4) is 0 Å². The minimum Gasteiger partial charge on any atom is -0.477 e. The number of nitrogens with zero attached hydrogens (tertiary/aromatic N) is 1. The Morgan fingerprint density at radius 1 is 1.30 bits per heavy atom. The highest BCUT2D eigenvalue weighted by atomic mass is 16.5. The Morgan fingerprint density at radius 3 is 2.74 bits per heavy atom. The third-order valence-corrected chi connectivity index (χ3v) is 5.36. The lowest BCUT2D eigenvalue weighted by Crippen LogP contribution is -2.47. The first-order valence-corrected chi connectivity index (χ1v) is 9.26.